The first kappa shape index (κ1) is 19.8. The molecule has 0 bridgehead atoms. The Morgan fingerprint density at radius 1 is 1.17 bits per heavy atom. The van der Waals surface area contributed by atoms with E-state index in [4.69, 9.17) is 9.47 Å². The number of carbonyl (C=O) groups is 2. The highest BCUT2D eigenvalue weighted by atomic mass is 19.1. The monoisotopic (exact) mass is 420 g/mol. The number of pyridine rings is 1. The van der Waals surface area contributed by atoms with Crippen molar-refractivity contribution in [3.05, 3.63) is 35.0 Å². The molecule has 4 rings (SSSR count). The first-order valence-electron chi connectivity index (χ1n) is 9.01. The molecule has 3 heterocycles. The van der Waals surface area contributed by atoms with E-state index >= 15 is 8.78 Å². The van der Waals surface area contributed by atoms with Crippen molar-refractivity contribution in [2.24, 2.45) is 0 Å². The first-order chi connectivity index (χ1) is 14.4. The third-order valence-electron chi connectivity index (χ3n) is 5.02. The van der Waals surface area contributed by atoms with E-state index in [9.17, 15) is 14.7 Å². The summed E-state index contributed by atoms with van der Waals surface area (Å²) in [5.74, 6) is -2.68. The zero-order chi connectivity index (χ0) is 21.6. The van der Waals surface area contributed by atoms with Crippen LogP contribution in [0.5, 0.6) is 11.5 Å². The van der Waals surface area contributed by atoms with E-state index < -0.39 is 30.0 Å². The number of rotatable bonds is 5. The minimum Gasteiger partial charge on any atom is -0.493 e. The van der Waals surface area contributed by atoms with Gasteiger partial charge in [-0.2, -0.15) is 0 Å². The van der Waals surface area contributed by atoms with Gasteiger partial charge >= 0.3 is 6.03 Å². The van der Waals surface area contributed by atoms with Crippen LogP contribution in [0.3, 0.4) is 0 Å². The molecule has 0 atom stereocenters. The van der Waals surface area contributed by atoms with Gasteiger partial charge in [0.1, 0.15) is 11.5 Å². The molecular formula is C19H18F2N4O5. The number of ether oxygens (including phenoxy) is 2. The predicted octanol–water partition coefficient (Wildman–Crippen LogP) is 1.81. The Morgan fingerprint density at radius 3 is 2.43 bits per heavy atom. The predicted molar refractivity (Wildman–Crippen MR) is 102 cm³/mol. The van der Waals surface area contributed by atoms with Crippen LogP contribution in [-0.4, -0.2) is 49.4 Å². The van der Waals surface area contributed by atoms with Gasteiger partial charge in [0.25, 0.3) is 0 Å². The maximum absolute atomic E-state index is 15.0. The summed E-state index contributed by atoms with van der Waals surface area (Å²) >= 11 is 0. The van der Waals surface area contributed by atoms with E-state index in [1.807, 2.05) is 0 Å². The Labute approximate surface area is 169 Å². The summed E-state index contributed by atoms with van der Waals surface area (Å²) in [5.41, 5.74) is 0.742. The van der Waals surface area contributed by atoms with Gasteiger partial charge in [-0.15, -0.1) is 0 Å². The van der Waals surface area contributed by atoms with Gasteiger partial charge in [-0.3, -0.25) is 14.6 Å². The van der Waals surface area contributed by atoms with Gasteiger partial charge in [0.15, 0.2) is 23.1 Å². The van der Waals surface area contributed by atoms with E-state index in [0.29, 0.717) is 22.6 Å². The molecule has 0 saturated heterocycles. The number of anilines is 3. The number of aliphatic hydroxyl groups is 1. The lowest BCUT2D eigenvalue weighted by Crippen LogP contribution is -2.49. The van der Waals surface area contributed by atoms with Crippen LogP contribution >= 0.6 is 0 Å². The van der Waals surface area contributed by atoms with Crippen LogP contribution in [0.1, 0.15) is 11.1 Å². The Balaban J connectivity index is 1.89. The summed E-state index contributed by atoms with van der Waals surface area (Å²) in [6.45, 7) is -0.740. The number of hydrogen-bond acceptors (Lipinski definition) is 6. The van der Waals surface area contributed by atoms with Crippen molar-refractivity contribution in [3.8, 4) is 11.5 Å². The lowest BCUT2D eigenvalue weighted by atomic mass is 10.0. The SMILES string of the molecule is COc1cc(OC)c(F)c(N2Cc3cnc4c(c3N(CCO)C2=O)CC(=O)N4)c1F. The van der Waals surface area contributed by atoms with E-state index in [-0.39, 0.29) is 36.9 Å². The molecule has 0 aliphatic carbocycles. The second kappa shape index (κ2) is 7.41. The first-order valence-corrected chi connectivity index (χ1v) is 9.01. The number of fused-ring (bicyclic) bond motifs is 3. The maximum atomic E-state index is 15.0. The van der Waals surface area contributed by atoms with Gasteiger partial charge in [-0.05, 0) is 0 Å². The van der Waals surface area contributed by atoms with Crippen molar-refractivity contribution >= 4 is 29.1 Å². The summed E-state index contributed by atoms with van der Waals surface area (Å²) in [4.78, 5) is 31.3. The zero-order valence-electron chi connectivity index (χ0n) is 16.2. The van der Waals surface area contributed by atoms with E-state index in [1.54, 1.807) is 0 Å². The zero-order valence-corrected chi connectivity index (χ0v) is 16.2. The minimum absolute atomic E-state index is 0.0103. The fourth-order valence-electron chi connectivity index (χ4n) is 3.72. The Morgan fingerprint density at radius 2 is 1.83 bits per heavy atom. The minimum atomic E-state index is -1.07. The highest BCUT2D eigenvalue weighted by Crippen LogP contribution is 2.43. The number of aliphatic hydroxyl groups excluding tert-OH is 1. The molecule has 0 saturated carbocycles. The second-order valence-electron chi connectivity index (χ2n) is 6.69. The number of aromatic nitrogens is 1. The molecule has 158 valence electrons. The fraction of sp³-hybridized carbons (Fsp3) is 0.316. The fourth-order valence-corrected chi connectivity index (χ4v) is 3.72. The van der Waals surface area contributed by atoms with Gasteiger partial charge < -0.3 is 19.9 Å². The van der Waals surface area contributed by atoms with Crippen LogP contribution in [0.4, 0.5) is 30.8 Å². The van der Waals surface area contributed by atoms with Gasteiger partial charge in [0, 0.05) is 23.4 Å². The third kappa shape index (κ3) is 2.89. The molecule has 2 N–H and O–H groups in total. The smallest absolute Gasteiger partial charge is 0.329 e. The molecule has 2 aliphatic rings. The second-order valence-corrected chi connectivity index (χ2v) is 6.69. The number of amides is 3. The lowest BCUT2D eigenvalue weighted by Gasteiger charge is -2.38. The maximum Gasteiger partial charge on any atom is 0.329 e. The molecule has 0 fully saturated rings. The molecule has 2 aliphatic heterocycles. The number of benzene rings is 1. The van der Waals surface area contributed by atoms with Gasteiger partial charge in [-0.25, -0.2) is 18.6 Å². The molecule has 2 aromatic rings. The van der Waals surface area contributed by atoms with Crippen LogP contribution in [0.2, 0.25) is 0 Å². The van der Waals surface area contributed by atoms with Crippen molar-refractivity contribution in [2.45, 2.75) is 13.0 Å². The molecule has 0 unspecified atom stereocenters. The van der Waals surface area contributed by atoms with Crippen molar-refractivity contribution in [1.82, 2.24) is 4.98 Å². The van der Waals surface area contributed by atoms with Crippen LogP contribution in [0, 0.1) is 11.6 Å². The van der Waals surface area contributed by atoms with Gasteiger partial charge in [0.2, 0.25) is 5.91 Å². The topological polar surface area (TPSA) is 104 Å². The number of urea groups is 1. The summed E-state index contributed by atoms with van der Waals surface area (Å²) in [5, 5.41) is 12.1. The van der Waals surface area contributed by atoms with Crippen molar-refractivity contribution < 1.29 is 33.0 Å². The summed E-state index contributed by atoms with van der Waals surface area (Å²) in [6.07, 6.45) is 1.44. The number of halogens is 2. The summed E-state index contributed by atoms with van der Waals surface area (Å²) in [7, 11) is 2.42. The average molecular weight is 420 g/mol. The molecular weight excluding hydrogens is 402 g/mol. The quantitative estimate of drug-likeness (QED) is 0.765. The van der Waals surface area contributed by atoms with Crippen molar-refractivity contribution in [2.75, 3.05) is 42.5 Å². The molecule has 1 aromatic carbocycles. The molecule has 9 nitrogen and oxygen atoms in total. The van der Waals surface area contributed by atoms with Gasteiger partial charge in [0.05, 0.1) is 46.0 Å². The summed E-state index contributed by atoms with van der Waals surface area (Å²) < 4.78 is 39.9. The van der Waals surface area contributed by atoms with Crippen LogP contribution in [0.15, 0.2) is 12.3 Å². The number of carbonyl (C=O) groups excluding carboxylic acids is 2. The van der Waals surface area contributed by atoms with Crippen molar-refractivity contribution in [1.29, 1.82) is 0 Å². The normalized spacial score (nSPS) is 15.1. The molecule has 0 radical (unpaired) electrons. The number of nitrogens with one attached hydrogen (secondary N) is 1. The van der Waals surface area contributed by atoms with Gasteiger partial charge in [-0.1, -0.05) is 0 Å². The number of hydrogen-bond donors (Lipinski definition) is 2. The van der Waals surface area contributed by atoms with Crippen LogP contribution in [0.25, 0.3) is 0 Å². The van der Waals surface area contributed by atoms with Crippen LogP contribution in [-0.2, 0) is 17.8 Å². The van der Waals surface area contributed by atoms with E-state index in [0.717, 1.165) is 11.0 Å². The lowest BCUT2D eigenvalue weighted by molar-refractivity contribution is -0.115. The number of β-amino-alcohol motifs (C(OH)–C–C–N with tert-alkyl or cyclic N) is 1. The summed E-state index contributed by atoms with van der Waals surface area (Å²) in [6, 6.07) is 0.283. The van der Waals surface area contributed by atoms with E-state index in [1.165, 1.54) is 25.3 Å². The third-order valence-corrected chi connectivity index (χ3v) is 5.02. The number of methoxy groups -OCH3 is 2. The Kier molecular flexibility index (Phi) is 4.90. The molecule has 3 amide bonds. The average Bonchev–Trinajstić information content (AvgIpc) is 3.11. The van der Waals surface area contributed by atoms with E-state index in [2.05, 4.69) is 10.3 Å². The Hall–Kier alpha value is -3.47. The number of nitrogens with zero attached hydrogens (tertiary/aromatic N) is 3. The highest BCUT2D eigenvalue weighted by molar-refractivity contribution is 6.09. The largest absolute Gasteiger partial charge is 0.493 e. The molecule has 30 heavy (non-hydrogen) atoms. The van der Waals surface area contributed by atoms with Crippen molar-refractivity contribution in [3.63, 3.8) is 0 Å². The molecule has 0 spiro atoms. The van der Waals surface area contributed by atoms with Crippen LogP contribution < -0.4 is 24.6 Å². The molecule has 11 heteroatoms. The highest BCUT2D eigenvalue weighted by Gasteiger charge is 2.39. The Bertz CT molecular complexity index is 1030. The standard InChI is InChI=1S/C19H18F2N4O5/c1-29-11-6-12(30-2)15(21)17(14(11)20)25-8-9-7-22-18-10(5-13(27)23-18)16(9)24(3-4-26)19(25)28/h6-7,26H,3-5,8H2,1-2H3,(H,22,23,27). The molecule has 1 aromatic heterocycles.